The van der Waals surface area contributed by atoms with Gasteiger partial charge in [-0.25, -0.2) is 0 Å². The zero-order valence-electron chi connectivity index (χ0n) is 15.8. The highest BCUT2D eigenvalue weighted by molar-refractivity contribution is 5.79. The Hall–Kier alpha value is -2.12. The van der Waals surface area contributed by atoms with Crippen LogP contribution < -0.4 is 10.6 Å². The minimum Gasteiger partial charge on any atom is -0.466 e. The molecule has 1 aromatic heterocycles. The van der Waals surface area contributed by atoms with E-state index in [0.29, 0.717) is 13.0 Å². The molecule has 0 aliphatic heterocycles. The summed E-state index contributed by atoms with van der Waals surface area (Å²) in [6.07, 6.45) is 7.23. The first-order valence-electron chi connectivity index (χ1n) is 9.18. The summed E-state index contributed by atoms with van der Waals surface area (Å²) < 4.78 is 6.96. The lowest BCUT2D eigenvalue weighted by Gasteiger charge is -2.12. The van der Waals surface area contributed by atoms with Crippen molar-refractivity contribution in [3.63, 3.8) is 0 Å². The molecule has 1 heterocycles. The van der Waals surface area contributed by atoms with Crippen molar-refractivity contribution in [3.8, 4) is 0 Å². The van der Waals surface area contributed by atoms with Gasteiger partial charge in [0.05, 0.1) is 6.61 Å². The largest absolute Gasteiger partial charge is 0.466 e. The Morgan fingerprint density at radius 1 is 1.20 bits per heavy atom. The Balaban J connectivity index is 2.05. The van der Waals surface area contributed by atoms with Crippen molar-refractivity contribution < 1.29 is 9.53 Å². The molecule has 8 nitrogen and oxygen atoms in total. The highest BCUT2D eigenvalue weighted by Crippen LogP contribution is 2.03. The number of esters is 1. The summed E-state index contributed by atoms with van der Waals surface area (Å²) in [6.45, 7) is 6.81. The minimum absolute atomic E-state index is 0.0930. The van der Waals surface area contributed by atoms with Gasteiger partial charge in [-0.2, -0.15) is 0 Å². The van der Waals surface area contributed by atoms with E-state index in [1.165, 1.54) is 0 Å². The van der Waals surface area contributed by atoms with Crippen LogP contribution >= 0.6 is 0 Å². The lowest BCUT2D eigenvalue weighted by Crippen LogP contribution is -2.39. The molecule has 0 aromatic carbocycles. The van der Waals surface area contributed by atoms with Gasteiger partial charge in [0.15, 0.2) is 5.96 Å². The monoisotopic (exact) mass is 352 g/mol. The van der Waals surface area contributed by atoms with Crippen molar-refractivity contribution in [2.45, 2.75) is 58.9 Å². The van der Waals surface area contributed by atoms with E-state index in [1.54, 1.807) is 13.4 Å². The summed E-state index contributed by atoms with van der Waals surface area (Å²) in [7, 11) is 1.77. The molecule has 0 radical (unpaired) electrons. The summed E-state index contributed by atoms with van der Waals surface area (Å²) in [5.74, 6) is 1.70. The zero-order valence-corrected chi connectivity index (χ0v) is 15.8. The fraction of sp³-hybridized carbons (Fsp3) is 0.765. The average molecular weight is 352 g/mol. The van der Waals surface area contributed by atoms with Crippen LogP contribution in [0.3, 0.4) is 0 Å². The number of carbonyl (C=O) groups excluding carboxylic acids is 1. The second-order valence-electron chi connectivity index (χ2n) is 5.69. The number of ether oxygens (including phenoxy) is 1. The van der Waals surface area contributed by atoms with E-state index in [0.717, 1.165) is 63.5 Å². The number of rotatable bonds is 12. The van der Waals surface area contributed by atoms with Gasteiger partial charge in [0, 0.05) is 39.5 Å². The summed E-state index contributed by atoms with van der Waals surface area (Å²) in [5, 5.41) is 14.6. The van der Waals surface area contributed by atoms with Gasteiger partial charge in [0.1, 0.15) is 12.2 Å². The van der Waals surface area contributed by atoms with Crippen LogP contribution in [0, 0.1) is 0 Å². The molecule has 0 bridgehead atoms. The smallest absolute Gasteiger partial charge is 0.305 e. The van der Waals surface area contributed by atoms with Gasteiger partial charge in [-0.3, -0.25) is 9.79 Å². The van der Waals surface area contributed by atoms with Gasteiger partial charge >= 0.3 is 5.97 Å². The molecule has 25 heavy (non-hydrogen) atoms. The van der Waals surface area contributed by atoms with Crippen LogP contribution in [0.5, 0.6) is 0 Å². The molecule has 0 atom stereocenters. The van der Waals surface area contributed by atoms with Gasteiger partial charge in [-0.1, -0.05) is 19.8 Å². The fourth-order valence-electron chi connectivity index (χ4n) is 2.44. The number of nitrogens with one attached hydrogen (secondary N) is 2. The number of carbonyl (C=O) groups is 1. The van der Waals surface area contributed by atoms with Gasteiger partial charge in [-0.15, -0.1) is 10.2 Å². The van der Waals surface area contributed by atoms with Crippen LogP contribution in [0.4, 0.5) is 0 Å². The van der Waals surface area contributed by atoms with Gasteiger partial charge < -0.3 is 19.9 Å². The van der Waals surface area contributed by atoms with Crippen molar-refractivity contribution >= 4 is 11.9 Å². The Bertz CT molecular complexity index is 515. The van der Waals surface area contributed by atoms with Gasteiger partial charge in [0.25, 0.3) is 0 Å². The van der Waals surface area contributed by atoms with Crippen LogP contribution in [-0.4, -0.2) is 53.4 Å². The molecule has 0 aliphatic rings. The maximum Gasteiger partial charge on any atom is 0.305 e. The highest BCUT2D eigenvalue weighted by atomic mass is 16.5. The zero-order chi connectivity index (χ0) is 18.3. The Labute approximate surface area is 150 Å². The first kappa shape index (κ1) is 20.9. The van der Waals surface area contributed by atoms with E-state index in [1.807, 2.05) is 11.5 Å². The molecule has 142 valence electrons. The van der Waals surface area contributed by atoms with E-state index < -0.39 is 0 Å². The first-order chi connectivity index (χ1) is 12.2. The van der Waals surface area contributed by atoms with Crippen molar-refractivity contribution in [1.82, 2.24) is 25.4 Å². The van der Waals surface area contributed by atoms with Crippen molar-refractivity contribution in [2.24, 2.45) is 4.99 Å². The quantitative estimate of drug-likeness (QED) is 0.256. The molecule has 0 spiro atoms. The van der Waals surface area contributed by atoms with E-state index in [9.17, 15) is 4.79 Å². The third kappa shape index (κ3) is 9.07. The number of aliphatic imine (C=N–C) groups is 1. The molecule has 8 heteroatoms. The maximum atomic E-state index is 11.2. The predicted molar refractivity (Wildman–Crippen MR) is 98.5 cm³/mol. The van der Waals surface area contributed by atoms with Crippen molar-refractivity contribution in [2.75, 3.05) is 26.7 Å². The summed E-state index contributed by atoms with van der Waals surface area (Å²) in [4.78, 5) is 15.4. The molecular weight excluding hydrogens is 320 g/mol. The molecule has 0 aliphatic carbocycles. The van der Waals surface area contributed by atoms with Gasteiger partial charge in [-0.05, 0) is 19.8 Å². The van der Waals surface area contributed by atoms with Crippen LogP contribution in [0.1, 0.15) is 51.8 Å². The molecule has 0 amide bonds. The number of unbranched alkanes of at least 4 members (excludes halogenated alkanes) is 3. The standard InChI is InChI=1S/C17H32N6O2/c1-4-15-22-21-14-23(15)13-12-20-17(18-3)19-11-9-7-6-8-10-16(24)25-5-2/h14H,4-13H2,1-3H3,(H2,18,19,20). The Morgan fingerprint density at radius 2 is 1.96 bits per heavy atom. The van der Waals surface area contributed by atoms with Crippen LogP contribution in [0.2, 0.25) is 0 Å². The highest BCUT2D eigenvalue weighted by Gasteiger charge is 2.03. The lowest BCUT2D eigenvalue weighted by atomic mass is 10.1. The summed E-state index contributed by atoms with van der Waals surface area (Å²) in [5.41, 5.74) is 0. The van der Waals surface area contributed by atoms with E-state index in [-0.39, 0.29) is 5.97 Å². The third-order valence-electron chi connectivity index (χ3n) is 3.79. The number of aromatic nitrogens is 3. The average Bonchev–Trinajstić information content (AvgIpc) is 3.07. The van der Waals surface area contributed by atoms with Crippen LogP contribution in [0.25, 0.3) is 0 Å². The summed E-state index contributed by atoms with van der Waals surface area (Å²) >= 11 is 0. The molecule has 1 aromatic rings. The third-order valence-corrected chi connectivity index (χ3v) is 3.79. The molecule has 1 rings (SSSR count). The molecule has 0 saturated carbocycles. The number of hydrogen-bond acceptors (Lipinski definition) is 5. The van der Waals surface area contributed by atoms with Crippen LogP contribution in [-0.2, 0) is 22.5 Å². The Kier molecular flexibility index (Phi) is 11.0. The minimum atomic E-state index is -0.0930. The lowest BCUT2D eigenvalue weighted by molar-refractivity contribution is -0.143. The number of hydrogen-bond donors (Lipinski definition) is 2. The number of nitrogens with zero attached hydrogens (tertiary/aromatic N) is 4. The van der Waals surface area contributed by atoms with E-state index >= 15 is 0 Å². The van der Waals surface area contributed by atoms with Crippen molar-refractivity contribution in [1.29, 1.82) is 0 Å². The molecule has 0 saturated heterocycles. The molecule has 2 N–H and O–H groups in total. The first-order valence-corrected chi connectivity index (χ1v) is 9.18. The van der Waals surface area contributed by atoms with Gasteiger partial charge in [0.2, 0.25) is 0 Å². The topological polar surface area (TPSA) is 93.4 Å². The fourth-order valence-corrected chi connectivity index (χ4v) is 2.44. The maximum absolute atomic E-state index is 11.2. The Morgan fingerprint density at radius 3 is 2.68 bits per heavy atom. The normalized spacial score (nSPS) is 11.4. The van der Waals surface area contributed by atoms with Crippen LogP contribution in [0.15, 0.2) is 11.3 Å². The second kappa shape index (κ2) is 13.2. The SMILES string of the molecule is CCOC(=O)CCCCCCNC(=NC)NCCn1cnnc1CC. The van der Waals surface area contributed by atoms with E-state index in [4.69, 9.17) is 4.74 Å². The van der Waals surface area contributed by atoms with Crippen molar-refractivity contribution in [3.05, 3.63) is 12.2 Å². The number of guanidine groups is 1. The predicted octanol–water partition coefficient (Wildman–Crippen LogP) is 1.52. The second-order valence-corrected chi connectivity index (χ2v) is 5.69. The molecule has 0 fully saturated rings. The summed E-state index contributed by atoms with van der Waals surface area (Å²) in [6, 6.07) is 0. The molecular formula is C17H32N6O2. The van der Waals surface area contributed by atoms with E-state index in [2.05, 4.69) is 32.7 Å². The number of aryl methyl sites for hydroxylation is 1. The molecule has 0 unspecified atom stereocenters.